The first-order valence-corrected chi connectivity index (χ1v) is 10.3. The molecule has 1 aromatic rings. The first-order chi connectivity index (χ1) is 8.73. The summed E-state index contributed by atoms with van der Waals surface area (Å²) in [7, 11) is -1.41. The molecule has 0 amide bonds. The molecule has 0 radical (unpaired) electrons. The summed E-state index contributed by atoms with van der Waals surface area (Å²) in [6.07, 6.45) is 0. The standard InChI is InChI=1S/C12H19ClNO3PS/c1-9(2)14-10(3)12(15)19(18(13,16)17)11-7-5-4-6-8-11/h4-10,14,16-17H,1-3H3/t10-,19?/m0/s1. The molecule has 0 fully saturated rings. The molecule has 7 heteroatoms. The summed E-state index contributed by atoms with van der Waals surface area (Å²) in [5.74, 6) is -3.79. The SMILES string of the molecule is CC(C)N[C@@H](C)C(=O)S(c1ccccc1)=P(O)(O)Cl. The molecule has 0 saturated carbocycles. The Morgan fingerprint density at radius 2 is 1.79 bits per heavy atom. The van der Waals surface area contributed by atoms with Gasteiger partial charge in [0.05, 0.1) is 6.04 Å². The van der Waals surface area contributed by atoms with E-state index in [1.54, 1.807) is 37.3 Å². The van der Waals surface area contributed by atoms with Crippen LogP contribution in [0.3, 0.4) is 0 Å². The molecule has 19 heavy (non-hydrogen) atoms. The van der Waals surface area contributed by atoms with E-state index in [0.29, 0.717) is 4.90 Å². The summed E-state index contributed by atoms with van der Waals surface area (Å²) in [6.45, 7) is 5.55. The fourth-order valence-electron chi connectivity index (χ4n) is 1.65. The Bertz CT molecular complexity index is 493. The maximum atomic E-state index is 12.4. The summed E-state index contributed by atoms with van der Waals surface area (Å²) in [6, 6.07) is 8.31. The molecule has 108 valence electrons. The minimum Gasteiger partial charge on any atom is -0.337 e. The number of nitrogens with one attached hydrogen (secondary N) is 1. The van der Waals surface area contributed by atoms with Gasteiger partial charge in [-0.2, -0.15) is 0 Å². The van der Waals surface area contributed by atoms with Gasteiger partial charge in [0.25, 0.3) is 0 Å². The zero-order valence-electron chi connectivity index (χ0n) is 11.1. The number of benzene rings is 1. The summed E-state index contributed by atoms with van der Waals surface area (Å²) < 4.78 is 0. The number of hydrogen-bond donors (Lipinski definition) is 3. The van der Waals surface area contributed by atoms with Crippen molar-refractivity contribution in [3.63, 3.8) is 0 Å². The predicted octanol–water partition coefficient (Wildman–Crippen LogP) is 2.48. The second-order valence-corrected chi connectivity index (χ2v) is 11.5. The minimum atomic E-state index is -3.79. The predicted molar refractivity (Wildman–Crippen MR) is 82.0 cm³/mol. The van der Waals surface area contributed by atoms with Crippen LogP contribution in [0.4, 0.5) is 0 Å². The molecule has 0 aliphatic heterocycles. The molecule has 0 bridgehead atoms. The van der Waals surface area contributed by atoms with Crippen LogP contribution < -0.4 is 5.32 Å². The summed E-state index contributed by atoms with van der Waals surface area (Å²) >= 11 is 5.70. The second-order valence-electron chi connectivity index (χ2n) is 4.43. The van der Waals surface area contributed by atoms with E-state index in [1.807, 2.05) is 13.8 Å². The van der Waals surface area contributed by atoms with E-state index in [2.05, 4.69) is 5.32 Å². The highest BCUT2D eigenvalue weighted by molar-refractivity contribution is 8.44. The van der Waals surface area contributed by atoms with Crippen LogP contribution in [0.5, 0.6) is 0 Å². The molecule has 0 aliphatic rings. The Hall–Kier alpha value is -0.160. The Morgan fingerprint density at radius 3 is 2.21 bits per heavy atom. The number of carbonyl (C=O) groups excluding carboxylic acids is 1. The van der Waals surface area contributed by atoms with Gasteiger partial charge in [-0.25, -0.2) is 0 Å². The van der Waals surface area contributed by atoms with Gasteiger partial charge in [-0.1, -0.05) is 32.0 Å². The van der Waals surface area contributed by atoms with Crippen LogP contribution in [0.15, 0.2) is 35.2 Å². The number of hydrogen-bond acceptors (Lipinski definition) is 2. The highest BCUT2D eigenvalue weighted by Crippen LogP contribution is 2.50. The quantitative estimate of drug-likeness (QED) is 0.745. The van der Waals surface area contributed by atoms with Gasteiger partial charge in [-0.3, -0.25) is 4.79 Å². The summed E-state index contributed by atoms with van der Waals surface area (Å²) in [5, 5.41) is 2.78. The third kappa shape index (κ3) is 5.03. The highest BCUT2D eigenvalue weighted by Gasteiger charge is 2.26. The zero-order valence-corrected chi connectivity index (χ0v) is 13.5. The van der Waals surface area contributed by atoms with E-state index in [0.717, 1.165) is 0 Å². The first kappa shape index (κ1) is 16.9. The minimum absolute atomic E-state index is 0.126. The van der Waals surface area contributed by atoms with Crippen LogP contribution in [0.1, 0.15) is 20.8 Å². The van der Waals surface area contributed by atoms with E-state index in [1.165, 1.54) is 0 Å². The Labute approximate surface area is 120 Å². The molecular formula is C12H19ClNO3PS. The average Bonchev–Trinajstić information content (AvgIpc) is 2.27. The van der Waals surface area contributed by atoms with E-state index in [4.69, 9.17) is 11.2 Å². The molecule has 3 N–H and O–H groups in total. The topological polar surface area (TPSA) is 69.6 Å². The Kier molecular flexibility index (Phi) is 6.24. The zero-order chi connectivity index (χ0) is 14.6. The van der Waals surface area contributed by atoms with Crippen LogP contribution >= 0.6 is 17.1 Å². The van der Waals surface area contributed by atoms with Gasteiger partial charge in [0.1, 0.15) is 0 Å². The van der Waals surface area contributed by atoms with Crippen LogP contribution in [0.25, 0.3) is 0 Å². The van der Waals surface area contributed by atoms with Crippen molar-refractivity contribution in [2.24, 2.45) is 0 Å². The maximum absolute atomic E-state index is 12.4. The van der Waals surface area contributed by atoms with Crippen molar-refractivity contribution in [1.82, 2.24) is 5.32 Å². The summed E-state index contributed by atoms with van der Waals surface area (Å²) in [4.78, 5) is 32.5. The lowest BCUT2D eigenvalue weighted by Crippen LogP contribution is -2.40. The smallest absolute Gasteiger partial charge is 0.247 e. The van der Waals surface area contributed by atoms with Crippen molar-refractivity contribution in [3.8, 4) is 0 Å². The first-order valence-electron chi connectivity index (χ1n) is 5.87. The van der Waals surface area contributed by atoms with Crippen molar-refractivity contribution in [1.29, 1.82) is 0 Å². The molecule has 1 unspecified atom stereocenters. The van der Waals surface area contributed by atoms with Crippen molar-refractivity contribution < 1.29 is 14.6 Å². The van der Waals surface area contributed by atoms with Crippen molar-refractivity contribution >= 4 is 32.3 Å². The Balaban J connectivity index is 3.20. The van der Waals surface area contributed by atoms with E-state index in [9.17, 15) is 14.6 Å². The lowest BCUT2D eigenvalue weighted by atomic mass is 10.3. The fraction of sp³-hybridized carbons (Fsp3) is 0.417. The third-order valence-corrected chi connectivity index (χ3v) is 8.05. The molecule has 2 atom stereocenters. The van der Waals surface area contributed by atoms with Gasteiger partial charge >= 0.3 is 0 Å². The number of halogens is 1. The highest BCUT2D eigenvalue weighted by atomic mass is 35.7. The molecule has 0 aromatic heterocycles. The number of carbonyl (C=O) groups is 1. The van der Waals surface area contributed by atoms with E-state index >= 15 is 0 Å². The molecule has 1 rings (SSSR count). The van der Waals surface area contributed by atoms with Crippen LogP contribution in [-0.2, 0) is 14.9 Å². The lowest BCUT2D eigenvalue weighted by molar-refractivity contribution is -0.112. The molecular weight excluding hydrogens is 305 g/mol. The van der Waals surface area contributed by atoms with Gasteiger partial charge in [0.15, 0.2) is 0 Å². The van der Waals surface area contributed by atoms with Gasteiger partial charge in [-0.05, 0) is 40.4 Å². The van der Waals surface area contributed by atoms with Crippen LogP contribution in [0, 0.1) is 0 Å². The maximum Gasteiger partial charge on any atom is 0.247 e. The van der Waals surface area contributed by atoms with Gasteiger partial charge in [-0.15, -0.1) is 0 Å². The second kappa shape index (κ2) is 7.02. The molecule has 4 nitrogen and oxygen atoms in total. The molecule has 0 heterocycles. The molecule has 0 saturated heterocycles. The molecule has 0 spiro atoms. The van der Waals surface area contributed by atoms with Crippen LogP contribution in [-0.4, -0.2) is 27.0 Å². The molecule has 1 aromatic carbocycles. The van der Waals surface area contributed by atoms with Gasteiger partial charge in [0, 0.05) is 10.9 Å². The van der Waals surface area contributed by atoms with Gasteiger partial charge in [0.2, 0.25) is 11.0 Å². The lowest BCUT2D eigenvalue weighted by Gasteiger charge is -2.20. The largest absolute Gasteiger partial charge is 0.337 e. The van der Waals surface area contributed by atoms with Crippen LogP contribution in [0.2, 0.25) is 0 Å². The van der Waals surface area contributed by atoms with E-state index in [-0.39, 0.29) is 11.2 Å². The van der Waals surface area contributed by atoms with E-state index < -0.39 is 22.0 Å². The van der Waals surface area contributed by atoms with Crippen molar-refractivity contribution in [2.45, 2.75) is 37.8 Å². The van der Waals surface area contributed by atoms with Crippen molar-refractivity contribution in [3.05, 3.63) is 30.3 Å². The van der Waals surface area contributed by atoms with Crippen molar-refractivity contribution in [2.75, 3.05) is 0 Å². The average molecular weight is 324 g/mol. The van der Waals surface area contributed by atoms with Gasteiger partial charge < -0.3 is 15.1 Å². The monoisotopic (exact) mass is 323 g/mol. The summed E-state index contributed by atoms with van der Waals surface area (Å²) in [5.41, 5.74) is 0. The molecule has 0 aliphatic carbocycles. The Morgan fingerprint density at radius 1 is 1.26 bits per heavy atom. The normalized spacial score (nSPS) is 15.3. The third-order valence-electron chi connectivity index (χ3n) is 2.33. The fourth-order valence-corrected chi connectivity index (χ4v) is 6.86. The number of rotatable bonds is 4.